The summed E-state index contributed by atoms with van der Waals surface area (Å²) in [4.78, 5) is 4.12. The van der Waals surface area contributed by atoms with Gasteiger partial charge in [0.2, 0.25) is 0 Å². The van der Waals surface area contributed by atoms with Gasteiger partial charge < -0.3 is 20.1 Å². The minimum absolute atomic E-state index is 0. The Bertz CT molecular complexity index is 519. The number of ether oxygens (including phenoxy) is 2. The fourth-order valence-electron chi connectivity index (χ4n) is 2.11. The van der Waals surface area contributed by atoms with E-state index in [1.807, 2.05) is 6.92 Å². The molecule has 2 N–H and O–H groups in total. The first-order valence-corrected chi connectivity index (χ1v) is 8.04. The normalized spacial score (nSPS) is 12.4. The molecule has 1 atom stereocenters. The quantitative estimate of drug-likeness (QED) is 0.239. The second-order valence-corrected chi connectivity index (χ2v) is 5.41. The van der Waals surface area contributed by atoms with Gasteiger partial charge in [-0.2, -0.15) is 0 Å². The molecule has 1 unspecified atom stereocenters. The second kappa shape index (κ2) is 14.2. The molecular weight excluding hydrogens is 443 g/mol. The van der Waals surface area contributed by atoms with Gasteiger partial charge in [0.1, 0.15) is 11.6 Å². The van der Waals surface area contributed by atoms with Crippen LogP contribution in [0.25, 0.3) is 0 Å². The molecule has 25 heavy (non-hydrogen) atoms. The van der Waals surface area contributed by atoms with Crippen LogP contribution in [0.3, 0.4) is 0 Å². The monoisotopic (exact) mass is 471 g/mol. The molecule has 0 amide bonds. The van der Waals surface area contributed by atoms with Crippen LogP contribution in [-0.2, 0) is 9.47 Å². The van der Waals surface area contributed by atoms with Crippen LogP contribution in [0.15, 0.2) is 23.2 Å². The lowest BCUT2D eigenvalue weighted by atomic mass is 10.0. The zero-order valence-corrected chi connectivity index (χ0v) is 17.3. The largest absolute Gasteiger partial charge is 0.382 e. The van der Waals surface area contributed by atoms with Crippen LogP contribution in [0.2, 0.25) is 0 Å². The molecule has 5 nitrogen and oxygen atoms in total. The maximum absolute atomic E-state index is 13.7. The van der Waals surface area contributed by atoms with Crippen molar-refractivity contribution in [2.75, 3.05) is 47.1 Å². The highest BCUT2D eigenvalue weighted by atomic mass is 127. The summed E-state index contributed by atoms with van der Waals surface area (Å²) in [7, 11) is 3.31. The number of nitrogens with zero attached hydrogens (tertiary/aromatic N) is 1. The van der Waals surface area contributed by atoms with E-state index in [4.69, 9.17) is 9.47 Å². The lowest BCUT2D eigenvalue weighted by molar-refractivity contribution is 0.0698. The first-order valence-electron chi connectivity index (χ1n) is 8.04. The molecule has 8 heteroatoms. The van der Waals surface area contributed by atoms with Crippen molar-refractivity contribution in [1.29, 1.82) is 0 Å². The topological polar surface area (TPSA) is 54.9 Å². The van der Waals surface area contributed by atoms with Crippen molar-refractivity contribution in [3.63, 3.8) is 0 Å². The lowest BCUT2D eigenvalue weighted by Crippen LogP contribution is -2.39. The van der Waals surface area contributed by atoms with Crippen molar-refractivity contribution in [3.8, 4) is 0 Å². The molecule has 0 fully saturated rings. The van der Waals surface area contributed by atoms with Crippen LogP contribution in [0, 0.1) is 11.6 Å². The van der Waals surface area contributed by atoms with Gasteiger partial charge >= 0.3 is 0 Å². The van der Waals surface area contributed by atoms with Crippen LogP contribution >= 0.6 is 24.0 Å². The third-order valence-corrected chi connectivity index (χ3v) is 3.48. The van der Waals surface area contributed by atoms with E-state index in [1.54, 1.807) is 14.2 Å². The van der Waals surface area contributed by atoms with E-state index < -0.39 is 11.6 Å². The molecule has 0 bridgehead atoms. The molecule has 0 aromatic heterocycles. The Balaban J connectivity index is 0.00000576. The zero-order chi connectivity index (χ0) is 17.8. The van der Waals surface area contributed by atoms with E-state index in [2.05, 4.69) is 15.6 Å². The van der Waals surface area contributed by atoms with Crippen molar-refractivity contribution in [3.05, 3.63) is 35.4 Å². The van der Waals surface area contributed by atoms with Gasteiger partial charge in [0, 0.05) is 45.8 Å². The molecule has 0 saturated carbocycles. The van der Waals surface area contributed by atoms with Gasteiger partial charge in [-0.3, -0.25) is 4.99 Å². The van der Waals surface area contributed by atoms with Gasteiger partial charge in [-0.25, -0.2) is 8.78 Å². The van der Waals surface area contributed by atoms with E-state index in [9.17, 15) is 8.78 Å². The van der Waals surface area contributed by atoms with E-state index in [0.717, 1.165) is 12.5 Å². The van der Waals surface area contributed by atoms with Gasteiger partial charge in [0.05, 0.1) is 13.2 Å². The minimum atomic E-state index is -0.568. The van der Waals surface area contributed by atoms with Crippen LogP contribution in [-0.4, -0.2) is 53.0 Å². The number of benzene rings is 1. The zero-order valence-electron chi connectivity index (χ0n) is 15.0. The number of halogens is 3. The van der Waals surface area contributed by atoms with Gasteiger partial charge in [0.15, 0.2) is 5.96 Å². The van der Waals surface area contributed by atoms with Gasteiger partial charge in [-0.15, -0.1) is 24.0 Å². The molecule has 1 aromatic rings. The number of nitrogens with one attached hydrogen (secondary N) is 2. The molecule has 0 radical (unpaired) electrons. The lowest BCUT2D eigenvalue weighted by Gasteiger charge is -2.17. The minimum Gasteiger partial charge on any atom is -0.382 e. The fourth-order valence-corrected chi connectivity index (χ4v) is 2.11. The molecule has 1 rings (SSSR count). The Hall–Kier alpha value is -1.00. The summed E-state index contributed by atoms with van der Waals surface area (Å²) in [5, 5.41) is 6.30. The van der Waals surface area contributed by atoms with Crippen LogP contribution in [0.1, 0.15) is 24.8 Å². The van der Waals surface area contributed by atoms with E-state index in [-0.39, 0.29) is 29.9 Å². The molecule has 0 spiro atoms. The number of aliphatic imine (C=N–C) groups is 1. The molecular formula is C17H28F2IN3O2. The third kappa shape index (κ3) is 9.91. The van der Waals surface area contributed by atoms with E-state index in [0.29, 0.717) is 44.4 Å². The van der Waals surface area contributed by atoms with Crippen LogP contribution < -0.4 is 10.6 Å². The number of hydrogen-bond donors (Lipinski definition) is 2. The Morgan fingerprint density at radius 1 is 1.20 bits per heavy atom. The van der Waals surface area contributed by atoms with Crippen molar-refractivity contribution < 1.29 is 18.3 Å². The van der Waals surface area contributed by atoms with Crippen LogP contribution in [0.4, 0.5) is 8.78 Å². The SMILES string of the molecule is CN=C(NCCCOCCOC)NCC(C)c1ccc(F)cc1F.I. The summed E-state index contributed by atoms with van der Waals surface area (Å²) >= 11 is 0. The number of rotatable bonds is 10. The first-order chi connectivity index (χ1) is 11.6. The maximum Gasteiger partial charge on any atom is 0.190 e. The van der Waals surface area contributed by atoms with Crippen molar-refractivity contribution in [1.82, 2.24) is 10.6 Å². The maximum atomic E-state index is 13.7. The summed E-state index contributed by atoms with van der Waals surface area (Å²) in [6, 6.07) is 3.65. The highest BCUT2D eigenvalue weighted by Crippen LogP contribution is 2.18. The standard InChI is InChI=1S/C17H27F2N3O2.HI/c1-13(15-6-5-14(18)11-16(15)19)12-22-17(20-2)21-7-4-8-24-10-9-23-3;/h5-6,11,13H,4,7-10,12H2,1-3H3,(H2,20,21,22);1H. The van der Waals surface area contributed by atoms with Crippen LogP contribution in [0.5, 0.6) is 0 Å². The first kappa shape index (κ1) is 24.0. The van der Waals surface area contributed by atoms with Gasteiger partial charge in [-0.05, 0) is 18.1 Å². The van der Waals surface area contributed by atoms with Gasteiger partial charge in [0.25, 0.3) is 0 Å². The van der Waals surface area contributed by atoms with E-state index >= 15 is 0 Å². The highest BCUT2D eigenvalue weighted by Gasteiger charge is 2.12. The average molecular weight is 471 g/mol. The van der Waals surface area contributed by atoms with E-state index in [1.165, 1.54) is 12.1 Å². The Kier molecular flexibility index (Phi) is 13.6. The Morgan fingerprint density at radius 2 is 1.96 bits per heavy atom. The second-order valence-electron chi connectivity index (χ2n) is 5.41. The molecule has 0 heterocycles. The molecule has 0 saturated heterocycles. The summed E-state index contributed by atoms with van der Waals surface area (Å²) in [5.74, 6) is -0.565. The molecule has 0 aliphatic rings. The molecule has 1 aromatic carbocycles. The summed E-state index contributed by atoms with van der Waals surface area (Å²) in [5.41, 5.74) is 0.478. The Morgan fingerprint density at radius 3 is 2.60 bits per heavy atom. The highest BCUT2D eigenvalue weighted by molar-refractivity contribution is 14.0. The number of methoxy groups -OCH3 is 1. The number of guanidine groups is 1. The van der Waals surface area contributed by atoms with Crippen molar-refractivity contribution in [2.24, 2.45) is 4.99 Å². The van der Waals surface area contributed by atoms with Gasteiger partial charge in [-0.1, -0.05) is 13.0 Å². The molecule has 0 aliphatic heterocycles. The Labute approximate surface area is 165 Å². The molecule has 144 valence electrons. The third-order valence-electron chi connectivity index (χ3n) is 3.48. The van der Waals surface area contributed by atoms with Crippen molar-refractivity contribution >= 4 is 29.9 Å². The summed E-state index contributed by atoms with van der Waals surface area (Å²) in [6.45, 7) is 4.90. The molecule has 0 aliphatic carbocycles. The fraction of sp³-hybridized carbons (Fsp3) is 0.588. The smallest absolute Gasteiger partial charge is 0.190 e. The predicted octanol–water partition coefficient (Wildman–Crippen LogP) is 2.90. The number of hydrogen-bond acceptors (Lipinski definition) is 3. The average Bonchev–Trinajstić information content (AvgIpc) is 2.56. The summed E-state index contributed by atoms with van der Waals surface area (Å²) < 4.78 is 37.0. The summed E-state index contributed by atoms with van der Waals surface area (Å²) in [6.07, 6.45) is 0.840. The predicted molar refractivity (Wildman–Crippen MR) is 107 cm³/mol. The van der Waals surface area contributed by atoms with Crippen molar-refractivity contribution in [2.45, 2.75) is 19.3 Å².